The van der Waals surface area contributed by atoms with Gasteiger partial charge in [0.15, 0.2) is 0 Å². The molecular weight excluding hydrogens is 416 g/mol. The summed E-state index contributed by atoms with van der Waals surface area (Å²) < 4.78 is 0. The van der Waals surface area contributed by atoms with Crippen molar-refractivity contribution in [1.29, 1.82) is 5.41 Å². The largest absolute Gasteiger partial charge is 0.378 e. The van der Waals surface area contributed by atoms with Gasteiger partial charge in [0.25, 0.3) is 11.5 Å². The average Bonchev–Trinajstić information content (AvgIpc) is 2.84. The highest BCUT2D eigenvalue weighted by Crippen LogP contribution is 2.27. The number of piperidine rings is 1. The molecule has 0 bridgehead atoms. The highest BCUT2D eigenvalue weighted by Gasteiger charge is 2.28. The molecule has 2 fully saturated rings. The SMILES string of the molecule is CN(C)c1ccc(C(=O)N2CCCC(c3nc(NC4CCCCC4)c(C=N)c(=O)[nH]3)C2)cc1. The van der Waals surface area contributed by atoms with E-state index in [1.807, 2.05) is 48.2 Å². The van der Waals surface area contributed by atoms with E-state index >= 15 is 0 Å². The van der Waals surface area contributed by atoms with Gasteiger partial charge in [-0.15, -0.1) is 0 Å². The van der Waals surface area contributed by atoms with Crippen LogP contribution in [-0.2, 0) is 0 Å². The van der Waals surface area contributed by atoms with E-state index in [1.165, 1.54) is 19.3 Å². The quantitative estimate of drug-likeness (QED) is 0.583. The summed E-state index contributed by atoms with van der Waals surface area (Å²) >= 11 is 0. The lowest BCUT2D eigenvalue weighted by Crippen LogP contribution is -2.40. The highest BCUT2D eigenvalue weighted by atomic mass is 16.2. The Hall–Kier alpha value is -3.16. The van der Waals surface area contributed by atoms with Crippen LogP contribution in [0, 0.1) is 5.41 Å². The van der Waals surface area contributed by atoms with Crippen LogP contribution in [0.25, 0.3) is 0 Å². The molecule has 1 aliphatic carbocycles. The van der Waals surface area contributed by atoms with Gasteiger partial charge in [-0.1, -0.05) is 19.3 Å². The number of benzene rings is 1. The van der Waals surface area contributed by atoms with E-state index in [9.17, 15) is 9.59 Å². The molecule has 1 aromatic heterocycles. The molecule has 8 heteroatoms. The van der Waals surface area contributed by atoms with E-state index in [0.717, 1.165) is 37.6 Å². The van der Waals surface area contributed by atoms with Crippen LogP contribution < -0.4 is 15.8 Å². The van der Waals surface area contributed by atoms with Gasteiger partial charge in [-0.2, -0.15) is 0 Å². The van der Waals surface area contributed by atoms with Crippen LogP contribution in [0.2, 0.25) is 0 Å². The number of aromatic nitrogens is 2. The molecule has 8 nitrogen and oxygen atoms in total. The van der Waals surface area contributed by atoms with Crippen molar-refractivity contribution in [3.63, 3.8) is 0 Å². The summed E-state index contributed by atoms with van der Waals surface area (Å²) in [5, 5.41) is 11.1. The van der Waals surface area contributed by atoms with E-state index in [1.54, 1.807) is 0 Å². The Morgan fingerprint density at radius 1 is 1.15 bits per heavy atom. The van der Waals surface area contributed by atoms with Crippen LogP contribution in [-0.4, -0.2) is 60.2 Å². The molecule has 1 unspecified atom stereocenters. The predicted molar refractivity (Wildman–Crippen MR) is 132 cm³/mol. The number of nitrogens with one attached hydrogen (secondary N) is 3. The minimum absolute atomic E-state index is 0.00372. The lowest BCUT2D eigenvalue weighted by atomic mass is 9.95. The van der Waals surface area contributed by atoms with Crippen molar-refractivity contribution in [2.24, 2.45) is 0 Å². The van der Waals surface area contributed by atoms with Crippen LogP contribution in [0.4, 0.5) is 11.5 Å². The molecule has 4 rings (SSSR count). The maximum atomic E-state index is 13.1. The lowest BCUT2D eigenvalue weighted by Gasteiger charge is -2.32. The minimum atomic E-state index is -0.295. The molecule has 3 N–H and O–H groups in total. The number of nitrogens with zero attached hydrogens (tertiary/aromatic N) is 3. The Balaban J connectivity index is 1.52. The Labute approximate surface area is 194 Å². The van der Waals surface area contributed by atoms with Crippen LogP contribution in [0.1, 0.15) is 72.6 Å². The number of hydrogen-bond donors (Lipinski definition) is 3. The molecule has 1 atom stereocenters. The molecule has 1 saturated heterocycles. The zero-order valence-electron chi connectivity index (χ0n) is 19.6. The van der Waals surface area contributed by atoms with Crippen LogP contribution in [0.15, 0.2) is 29.1 Å². The molecular formula is C25H34N6O2. The van der Waals surface area contributed by atoms with Crippen molar-refractivity contribution in [3.8, 4) is 0 Å². The van der Waals surface area contributed by atoms with Crippen LogP contribution in [0.5, 0.6) is 0 Å². The third-order valence-corrected chi connectivity index (χ3v) is 6.79. The molecule has 1 saturated carbocycles. The summed E-state index contributed by atoms with van der Waals surface area (Å²) in [5.41, 5.74) is 1.70. The maximum absolute atomic E-state index is 13.1. The first kappa shape index (κ1) is 23.0. The lowest BCUT2D eigenvalue weighted by molar-refractivity contribution is 0.0704. The van der Waals surface area contributed by atoms with Gasteiger partial charge in [-0.3, -0.25) is 9.59 Å². The molecule has 1 aliphatic heterocycles. The molecule has 33 heavy (non-hydrogen) atoms. The van der Waals surface area contributed by atoms with Crippen molar-refractivity contribution < 1.29 is 4.79 Å². The molecule has 2 aromatic rings. The first-order valence-corrected chi connectivity index (χ1v) is 11.9. The predicted octanol–water partition coefficient (Wildman–Crippen LogP) is 3.60. The topological polar surface area (TPSA) is 105 Å². The standard InChI is InChI=1S/C25H34N6O2/c1-30(2)20-12-10-17(11-13-20)25(33)31-14-6-7-18(16-31)22-28-23(21(15-26)24(32)29-22)27-19-8-4-3-5-9-19/h10-13,15,18-19,26H,3-9,14,16H2,1-2H3,(H2,27,28,29,32). The molecule has 2 aliphatic rings. The number of carbonyl (C=O) groups is 1. The molecule has 1 amide bonds. The van der Waals surface area contributed by atoms with Crippen molar-refractivity contribution >= 4 is 23.6 Å². The summed E-state index contributed by atoms with van der Waals surface area (Å²) in [5.74, 6) is 1.06. The number of likely N-dealkylation sites (tertiary alicyclic amines) is 1. The first-order chi connectivity index (χ1) is 16.0. The second-order valence-corrected chi connectivity index (χ2v) is 9.37. The second kappa shape index (κ2) is 10.2. The van der Waals surface area contributed by atoms with Gasteiger partial charge in [-0.25, -0.2) is 4.98 Å². The Bertz CT molecular complexity index is 1040. The Morgan fingerprint density at radius 3 is 2.55 bits per heavy atom. The van der Waals surface area contributed by atoms with E-state index in [-0.39, 0.29) is 29.0 Å². The number of rotatable bonds is 6. The molecule has 0 spiro atoms. The molecule has 1 aromatic carbocycles. The smallest absolute Gasteiger partial charge is 0.261 e. The molecule has 0 radical (unpaired) electrons. The normalized spacial score (nSPS) is 19.2. The minimum Gasteiger partial charge on any atom is -0.378 e. The fourth-order valence-corrected chi connectivity index (χ4v) is 4.85. The van der Waals surface area contributed by atoms with Gasteiger partial charge in [-0.05, 0) is 49.9 Å². The number of carbonyl (C=O) groups excluding carboxylic acids is 1. The summed E-state index contributed by atoms with van der Waals surface area (Å²) in [6.07, 6.45) is 8.49. The van der Waals surface area contributed by atoms with E-state index in [0.29, 0.717) is 30.3 Å². The van der Waals surface area contributed by atoms with Crippen LogP contribution >= 0.6 is 0 Å². The number of hydrogen-bond acceptors (Lipinski definition) is 6. The number of amides is 1. The van der Waals surface area contributed by atoms with Gasteiger partial charge < -0.3 is 25.5 Å². The second-order valence-electron chi connectivity index (χ2n) is 9.37. The Kier molecular flexibility index (Phi) is 7.11. The Morgan fingerprint density at radius 2 is 1.88 bits per heavy atom. The maximum Gasteiger partial charge on any atom is 0.261 e. The van der Waals surface area contributed by atoms with Crippen molar-refractivity contribution in [3.05, 3.63) is 51.6 Å². The fraction of sp³-hybridized carbons (Fsp3) is 0.520. The summed E-state index contributed by atoms with van der Waals surface area (Å²) in [4.78, 5) is 37.4. The number of aromatic amines is 1. The highest BCUT2D eigenvalue weighted by molar-refractivity contribution is 5.94. The zero-order valence-corrected chi connectivity index (χ0v) is 19.6. The zero-order chi connectivity index (χ0) is 23.4. The third-order valence-electron chi connectivity index (χ3n) is 6.79. The number of anilines is 2. The average molecular weight is 451 g/mol. The van der Waals surface area contributed by atoms with Gasteiger partial charge in [0.05, 0.1) is 5.56 Å². The van der Waals surface area contributed by atoms with Crippen LogP contribution in [0.3, 0.4) is 0 Å². The molecule has 176 valence electrons. The summed E-state index contributed by atoms with van der Waals surface area (Å²) in [7, 11) is 3.95. The van der Waals surface area contributed by atoms with E-state index in [4.69, 9.17) is 10.4 Å². The summed E-state index contributed by atoms with van der Waals surface area (Å²) in [6.45, 7) is 1.21. The first-order valence-electron chi connectivity index (χ1n) is 11.9. The van der Waals surface area contributed by atoms with E-state index < -0.39 is 0 Å². The van der Waals surface area contributed by atoms with E-state index in [2.05, 4.69) is 10.3 Å². The van der Waals surface area contributed by atoms with Gasteiger partial charge >= 0.3 is 0 Å². The van der Waals surface area contributed by atoms with Gasteiger partial charge in [0, 0.05) is 56.6 Å². The summed E-state index contributed by atoms with van der Waals surface area (Å²) in [6, 6.07) is 7.92. The number of H-pyrrole nitrogens is 1. The van der Waals surface area contributed by atoms with Gasteiger partial charge in [0.2, 0.25) is 0 Å². The fourth-order valence-electron chi connectivity index (χ4n) is 4.85. The monoisotopic (exact) mass is 450 g/mol. The van der Waals surface area contributed by atoms with Crippen molar-refractivity contribution in [2.45, 2.75) is 56.9 Å². The third kappa shape index (κ3) is 5.26. The van der Waals surface area contributed by atoms with Crippen molar-refractivity contribution in [2.75, 3.05) is 37.4 Å². The molecule has 2 heterocycles. The van der Waals surface area contributed by atoms with Gasteiger partial charge in [0.1, 0.15) is 11.6 Å². The van der Waals surface area contributed by atoms with Crippen molar-refractivity contribution in [1.82, 2.24) is 14.9 Å².